The molecule has 1 atom stereocenters. The van der Waals surface area contributed by atoms with Gasteiger partial charge in [-0.15, -0.1) is 0 Å². The molecule has 0 aliphatic carbocycles. The third-order valence-corrected chi connectivity index (χ3v) is 4.23. The van der Waals surface area contributed by atoms with Gasteiger partial charge < -0.3 is 9.64 Å². The van der Waals surface area contributed by atoms with Crippen LogP contribution in [0.5, 0.6) is 5.75 Å². The number of unbranched alkanes of at least 4 members (excludes halogenated alkanes) is 3. The summed E-state index contributed by atoms with van der Waals surface area (Å²) in [7, 11) is 2.16. The molecule has 1 saturated heterocycles. The van der Waals surface area contributed by atoms with Crippen molar-refractivity contribution in [2.75, 3.05) is 26.9 Å². The van der Waals surface area contributed by atoms with Crippen LogP contribution in [-0.2, 0) is 6.42 Å². The van der Waals surface area contributed by atoms with Gasteiger partial charge in [-0.1, -0.05) is 12.8 Å². The molecule has 21 heavy (non-hydrogen) atoms. The van der Waals surface area contributed by atoms with E-state index in [0.717, 1.165) is 38.0 Å². The molecule has 118 valence electrons. The molecule has 0 amide bonds. The number of halogens is 1. The first-order chi connectivity index (χ1) is 10.3. The Kier molecular flexibility index (Phi) is 6.93. The van der Waals surface area contributed by atoms with Crippen LogP contribution in [0.25, 0.3) is 0 Å². The molecule has 1 aliphatic heterocycles. The Morgan fingerprint density at radius 2 is 2.14 bits per heavy atom. The van der Waals surface area contributed by atoms with Crippen molar-refractivity contribution in [1.82, 2.24) is 9.88 Å². The molecule has 1 aromatic heterocycles. The zero-order valence-corrected chi connectivity index (χ0v) is 13.1. The molecule has 3 nitrogen and oxygen atoms in total. The van der Waals surface area contributed by atoms with Gasteiger partial charge in [-0.2, -0.15) is 0 Å². The molecule has 0 N–H and O–H groups in total. The number of hydrogen-bond donors (Lipinski definition) is 0. The number of likely N-dealkylation sites (N-methyl/N-ethyl adjacent to an activating group) is 1. The van der Waals surface area contributed by atoms with Gasteiger partial charge in [0.05, 0.1) is 12.9 Å². The standard InChI is InChI=1S/C17H27FN2O/c1-20-10-6-8-16(20)14-21-17-11-15(12-19-13-17)7-4-2-3-5-9-18/h11-13,16H,2-10,14H2,1H3/t16-/m0/s1. The number of alkyl halides is 1. The normalized spacial score (nSPS) is 19.0. The minimum Gasteiger partial charge on any atom is -0.490 e. The molecule has 0 saturated carbocycles. The van der Waals surface area contributed by atoms with Crippen LogP contribution in [-0.4, -0.2) is 42.8 Å². The Labute approximate surface area is 127 Å². The molecule has 0 radical (unpaired) electrons. The second-order valence-electron chi connectivity index (χ2n) is 5.97. The van der Waals surface area contributed by atoms with Crippen LogP contribution >= 0.6 is 0 Å². The Hall–Kier alpha value is -1.16. The Morgan fingerprint density at radius 1 is 1.29 bits per heavy atom. The third kappa shape index (κ3) is 5.62. The first-order valence-corrected chi connectivity index (χ1v) is 8.12. The molecule has 4 heteroatoms. The lowest BCUT2D eigenvalue weighted by Gasteiger charge is -2.19. The highest BCUT2D eigenvalue weighted by Gasteiger charge is 2.21. The summed E-state index contributed by atoms with van der Waals surface area (Å²) >= 11 is 0. The number of rotatable bonds is 9. The van der Waals surface area contributed by atoms with Crippen molar-refractivity contribution in [2.24, 2.45) is 0 Å². The summed E-state index contributed by atoms with van der Waals surface area (Å²) in [5.41, 5.74) is 1.22. The second-order valence-corrected chi connectivity index (χ2v) is 5.97. The van der Waals surface area contributed by atoms with Crippen molar-refractivity contribution in [3.63, 3.8) is 0 Å². The molecule has 1 aromatic rings. The number of aryl methyl sites for hydroxylation is 1. The van der Waals surface area contributed by atoms with Crippen molar-refractivity contribution in [2.45, 2.75) is 51.0 Å². The highest BCUT2D eigenvalue weighted by molar-refractivity contribution is 5.23. The first-order valence-electron chi connectivity index (χ1n) is 8.12. The van der Waals surface area contributed by atoms with E-state index in [9.17, 15) is 4.39 Å². The molecule has 2 rings (SSSR count). The van der Waals surface area contributed by atoms with E-state index in [1.807, 2.05) is 6.20 Å². The smallest absolute Gasteiger partial charge is 0.137 e. The summed E-state index contributed by atoms with van der Waals surface area (Å²) < 4.78 is 17.9. The minimum atomic E-state index is -0.194. The van der Waals surface area contributed by atoms with Gasteiger partial charge in [0.25, 0.3) is 0 Å². The van der Waals surface area contributed by atoms with E-state index in [-0.39, 0.29) is 6.67 Å². The van der Waals surface area contributed by atoms with Gasteiger partial charge in [0.1, 0.15) is 12.4 Å². The summed E-state index contributed by atoms with van der Waals surface area (Å²) in [6, 6.07) is 2.63. The fourth-order valence-corrected chi connectivity index (χ4v) is 2.84. The zero-order chi connectivity index (χ0) is 14.9. The van der Waals surface area contributed by atoms with Gasteiger partial charge in [0.15, 0.2) is 0 Å². The summed E-state index contributed by atoms with van der Waals surface area (Å²) in [5, 5.41) is 0. The van der Waals surface area contributed by atoms with E-state index in [1.165, 1.54) is 24.9 Å². The quantitative estimate of drug-likeness (QED) is 0.650. The topological polar surface area (TPSA) is 25.4 Å². The maximum Gasteiger partial charge on any atom is 0.137 e. The predicted molar refractivity (Wildman–Crippen MR) is 83.5 cm³/mol. The minimum absolute atomic E-state index is 0.194. The van der Waals surface area contributed by atoms with Crippen molar-refractivity contribution in [3.8, 4) is 5.75 Å². The number of pyridine rings is 1. The molecular formula is C17H27FN2O. The number of hydrogen-bond acceptors (Lipinski definition) is 3. The molecule has 2 heterocycles. The van der Waals surface area contributed by atoms with Gasteiger partial charge in [-0.25, -0.2) is 0 Å². The van der Waals surface area contributed by atoms with Crippen LogP contribution in [0.3, 0.4) is 0 Å². The SMILES string of the molecule is CN1CCC[C@H]1COc1cncc(CCCCCCF)c1. The number of nitrogens with zero attached hydrogens (tertiary/aromatic N) is 2. The summed E-state index contributed by atoms with van der Waals surface area (Å²) in [6.45, 7) is 1.73. The third-order valence-electron chi connectivity index (χ3n) is 4.23. The highest BCUT2D eigenvalue weighted by Crippen LogP contribution is 2.18. The molecule has 0 aromatic carbocycles. The number of aromatic nitrogens is 1. The Morgan fingerprint density at radius 3 is 2.90 bits per heavy atom. The van der Waals surface area contributed by atoms with Crippen LogP contribution in [0.4, 0.5) is 4.39 Å². The van der Waals surface area contributed by atoms with Crippen LogP contribution in [0.1, 0.15) is 44.1 Å². The van der Waals surface area contributed by atoms with Crippen molar-refractivity contribution < 1.29 is 9.13 Å². The summed E-state index contributed by atoms with van der Waals surface area (Å²) in [6.07, 6.45) is 11.0. The summed E-state index contributed by atoms with van der Waals surface area (Å²) in [5.74, 6) is 0.872. The molecule has 0 spiro atoms. The van der Waals surface area contributed by atoms with Crippen LogP contribution in [0, 0.1) is 0 Å². The van der Waals surface area contributed by atoms with Gasteiger partial charge in [0.2, 0.25) is 0 Å². The van der Waals surface area contributed by atoms with E-state index in [1.54, 1.807) is 6.20 Å². The largest absolute Gasteiger partial charge is 0.490 e. The van der Waals surface area contributed by atoms with E-state index in [2.05, 4.69) is 23.0 Å². The fourth-order valence-electron chi connectivity index (χ4n) is 2.84. The van der Waals surface area contributed by atoms with Gasteiger partial charge >= 0.3 is 0 Å². The number of likely N-dealkylation sites (tertiary alicyclic amines) is 1. The second kappa shape index (κ2) is 8.98. The Bertz CT molecular complexity index is 414. The van der Waals surface area contributed by atoms with Crippen molar-refractivity contribution in [1.29, 1.82) is 0 Å². The highest BCUT2D eigenvalue weighted by atomic mass is 19.1. The van der Waals surface area contributed by atoms with Crippen LogP contribution < -0.4 is 4.74 Å². The molecule has 0 unspecified atom stereocenters. The average Bonchev–Trinajstić information content (AvgIpc) is 2.91. The lowest BCUT2D eigenvalue weighted by Crippen LogP contribution is -2.30. The first kappa shape index (κ1) is 16.2. The van der Waals surface area contributed by atoms with Gasteiger partial charge in [-0.05, 0) is 57.3 Å². The van der Waals surface area contributed by atoms with Gasteiger partial charge in [0, 0.05) is 12.2 Å². The monoisotopic (exact) mass is 294 g/mol. The van der Waals surface area contributed by atoms with Crippen molar-refractivity contribution in [3.05, 3.63) is 24.0 Å². The predicted octanol–water partition coefficient (Wildman–Crippen LogP) is 3.63. The molecule has 1 aliphatic rings. The van der Waals surface area contributed by atoms with Crippen LogP contribution in [0.15, 0.2) is 18.5 Å². The average molecular weight is 294 g/mol. The maximum absolute atomic E-state index is 12.0. The summed E-state index contributed by atoms with van der Waals surface area (Å²) in [4.78, 5) is 6.63. The van der Waals surface area contributed by atoms with Gasteiger partial charge in [-0.3, -0.25) is 9.37 Å². The lowest BCUT2D eigenvalue weighted by atomic mass is 10.1. The van der Waals surface area contributed by atoms with E-state index in [4.69, 9.17) is 4.74 Å². The van der Waals surface area contributed by atoms with E-state index < -0.39 is 0 Å². The zero-order valence-electron chi connectivity index (χ0n) is 13.1. The Balaban J connectivity index is 1.72. The molecule has 0 bridgehead atoms. The van der Waals surface area contributed by atoms with Crippen molar-refractivity contribution >= 4 is 0 Å². The van der Waals surface area contributed by atoms with E-state index in [0.29, 0.717) is 12.5 Å². The number of ether oxygens (including phenoxy) is 1. The molecular weight excluding hydrogens is 267 g/mol. The maximum atomic E-state index is 12.0. The van der Waals surface area contributed by atoms with E-state index >= 15 is 0 Å². The fraction of sp³-hybridized carbons (Fsp3) is 0.706. The van der Waals surface area contributed by atoms with Crippen LogP contribution in [0.2, 0.25) is 0 Å². The lowest BCUT2D eigenvalue weighted by molar-refractivity contribution is 0.197. The molecule has 1 fully saturated rings.